The zero-order valence-electron chi connectivity index (χ0n) is 53.2. The first kappa shape index (κ1) is 54.7. The number of furan rings is 2. The van der Waals surface area contributed by atoms with E-state index in [9.17, 15) is 0 Å². The molecule has 12 aromatic carbocycles. The zero-order chi connectivity index (χ0) is 61.3. The molecular weight excluding hydrogens is 1080 g/mol. The van der Waals surface area contributed by atoms with Gasteiger partial charge in [-0.05, 0) is 190 Å². The van der Waals surface area contributed by atoms with Crippen LogP contribution in [0, 0.1) is 0 Å². The first-order chi connectivity index (χ1) is 42.7. The van der Waals surface area contributed by atoms with Crippen molar-refractivity contribution in [2.24, 2.45) is 0 Å². The van der Waals surface area contributed by atoms with E-state index in [4.69, 9.17) is 8.83 Å². The smallest absolute Gasteiger partial charge is 0.145 e. The van der Waals surface area contributed by atoms with Crippen LogP contribution in [0.1, 0.15) is 128 Å². The van der Waals surface area contributed by atoms with Gasteiger partial charge in [0.2, 0.25) is 0 Å². The third kappa shape index (κ3) is 8.25. The van der Waals surface area contributed by atoms with Crippen LogP contribution in [-0.4, -0.2) is 0 Å². The average molecular weight is 1160 g/mol. The van der Waals surface area contributed by atoms with Crippen molar-refractivity contribution in [2.75, 3.05) is 9.80 Å². The molecule has 14 aromatic rings. The fourth-order valence-corrected chi connectivity index (χ4v) is 15.0. The number of benzene rings is 12. The van der Waals surface area contributed by atoms with Crippen molar-refractivity contribution in [1.29, 1.82) is 0 Å². The quantitative estimate of drug-likeness (QED) is 0.166. The predicted molar refractivity (Wildman–Crippen MR) is 376 cm³/mol. The molecule has 0 aliphatic heterocycles. The third-order valence-electron chi connectivity index (χ3n) is 19.7. The molecule has 0 radical (unpaired) electrons. The summed E-state index contributed by atoms with van der Waals surface area (Å²) in [6.07, 6.45) is 0. The highest BCUT2D eigenvalue weighted by molar-refractivity contribution is 6.27. The van der Waals surface area contributed by atoms with Crippen molar-refractivity contribution in [1.82, 2.24) is 0 Å². The van der Waals surface area contributed by atoms with Gasteiger partial charge in [0, 0.05) is 55.1 Å². The summed E-state index contributed by atoms with van der Waals surface area (Å²) in [5.41, 5.74) is 23.9. The lowest BCUT2D eigenvalue weighted by Crippen LogP contribution is -2.27. The van der Waals surface area contributed by atoms with E-state index in [1.165, 1.54) is 66.8 Å². The molecule has 0 saturated heterocycles. The molecule has 0 saturated carbocycles. The molecule has 4 heteroatoms. The van der Waals surface area contributed by atoms with E-state index in [-0.39, 0.29) is 21.7 Å². The van der Waals surface area contributed by atoms with Gasteiger partial charge in [0.1, 0.15) is 22.3 Å². The van der Waals surface area contributed by atoms with Crippen molar-refractivity contribution in [3.05, 3.63) is 275 Å². The summed E-state index contributed by atoms with van der Waals surface area (Å²) in [5.74, 6) is 0. The summed E-state index contributed by atoms with van der Waals surface area (Å²) < 4.78 is 14.4. The Kier molecular flexibility index (Phi) is 11.8. The van der Waals surface area contributed by atoms with Crippen LogP contribution in [0.15, 0.2) is 239 Å². The van der Waals surface area contributed by atoms with Crippen molar-refractivity contribution >= 4 is 99.5 Å². The summed E-state index contributed by atoms with van der Waals surface area (Å²) in [4.78, 5) is 5.05. The third-order valence-corrected chi connectivity index (χ3v) is 19.7. The lowest BCUT2D eigenvalue weighted by molar-refractivity contribution is 0.590. The van der Waals surface area contributed by atoms with Crippen molar-refractivity contribution in [2.45, 2.75) is 110 Å². The molecule has 4 nitrogen and oxygen atoms in total. The summed E-state index contributed by atoms with van der Waals surface area (Å²) in [6.45, 7) is 27.6. The van der Waals surface area contributed by atoms with Gasteiger partial charge in [0.15, 0.2) is 0 Å². The summed E-state index contributed by atoms with van der Waals surface area (Å²) in [6, 6.07) is 87.5. The molecule has 2 aromatic heterocycles. The Hall–Kier alpha value is -9.64. The Morgan fingerprint density at radius 2 is 0.663 bits per heavy atom. The molecule has 1 spiro atoms. The van der Waals surface area contributed by atoms with Gasteiger partial charge in [-0.1, -0.05) is 223 Å². The predicted octanol–water partition coefficient (Wildman–Crippen LogP) is 24.3. The fourth-order valence-electron chi connectivity index (χ4n) is 15.0. The van der Waals surface area contributed by atoms with Crippen molar-refractivity contribution in [3.8, 4) is 22.3 Å². The summed E-state index contributed by atoms with van der Waals surface area (Å²) >= 11 is 0. The summed E-state index contributed by atoms with van der Waals surface area (Å²) in [5, 5.41) is 8.79. The molecule has 2 aliphatic rings. The molecule has 2 aliphatic carbocycles. The maximum absolute atomic E-state index is 7.37. The van der Waals surface area contributed by atoms with Gasteiger partial charge >= 0.3 is 0 Å². The molecule has 0 amide bonds. The van der Waals surface area contributed by atoms with Gasteiger partial charge in [-0.2, -0.15) is 0 Å². The minimum absolute atomic E-state index is 0.0374. The number of hydrogen-bond acceptors (Lipinski definition) is 4. The first-order valence-corrected chi connectivity index (χ1v) is 31.7. The Morgan fingerprint density at radius 3 is 1.13 bits per heavy atom. The maximum atomic E-state index is 7.37. The number of rotatable bonds is 6. The number of hydrogen-bond donors (Lipinski definition) is 0. The monoisotopic (exact) mass is 1150 g/mol. The van der Waals surface area contributed by atoms with Crippen LogP contribution in [0.2, 0.25) is 0 Å². The molecule has 0 N–H and O–H groups in total. The Labute approximate surface area is 522 Å². The van der Waals surface area contributed by atoms with Gasteiger partial charge in [0.05, 0.1) is 16.8 Å². The van der Waals surface area contributed by atoms with Crippen LogP contribution < -0.4 is 9.80 Å². The highest BCUT2D eigenvalue weighted by atomic mass is 16.3. The number of nitrogens with zero attached hydrogens (tertiary/aromatic N) is 2. The molecule has 0 unspecified atom stereocenters. The fraction of sp³-hybridized carbons (Fsp3) is 0.200. The molecule has 0 atom stereocenters. The lowest BCUT2D eigenvalue weighted by Gasteiger charge is -2.34. The van der Waals surface area contributed by atoms with Gasteiger partial charge in [0.25, 0.3) is 0 Å². The van der Waals surface area contributed by atoms with Crippen LogP contribution in [0.4, 0.5) is 34.1 Å². The normalized spacial score (nSPS) is 13.7. The van der Waals surface area contributed by atoms with Crippen molar-refractivity contribution in [3.63, 3.8) is 0 Å². The largest absolute Gasteiger partial charge is 0.456 e. The van der Waals surface area contributed by atoms with Crippen LogP contribution in [0.25, 0.3) is 87.7 Å². The summed E-state index contributed by atoms with van der Waals surface area (Å²) in [7, 11) is 0. The van der Waals surface area contributed by atoms with Gasteiger partial charge in [-0.3, -0.25) is 0 Å². The van der Waals surface area contributed by atoms with E-state index in [1.54, 1.807) is 0 Å². The molecule has 16 rings (SSSR count). The Balaban J connectivity index is 1.11. The molecule has 0 bridgehead atoms. The SMILES string of the molecule is CC(C)(C)c1ccc(N(c2ccc(C(C)(C)C)cc2)c2cc3c(c4cc5oc6ccccc6c5cc24)-c2c(cc(N(c4ccc(C(C)(C)C)cc4)c4ccc(C(C)(C)C)cc4)c4c2ccc2c5ccccc5oc24)C32c3ccccc3-c3ccccc32)cc1. The van der Waals surface area contributed by atoms with E-state index in [1.807, 2.05) is 0 Å². The van der Waals surface area contributed by atoms with Crippen LogP contribution in [0.3, 0.4) is 0 Å². The van der Waals surface area contributed by atoms with Crippen LogP contribution in [-0.2, 0) is 27.1 Å². The maximum Gasteiger partial charge on any atom is 0.145 e. The minimum Gasteiger partial charge on any atom is -0.456 e. The number of anilines is 6. The second-order valence-corrected chi connectivity index (χ2v) is 29.3. The van der Waals surface area contributed by atoms with Crippen molar-refractivity contribution < 1.29 is 8.83 Å². The van der Waals surface area contributed by atoms with Crippen LogP contribution >= 0.6 is 0 Å². The first-order valence-electron chi connectivity index (χ1n) is 31.7. The highest BCUT2D eigenvalue weighted by Gasteiger charge is 2.54. The number of para-hydroxylation sites is 2. The second kappa shape index (κ2) is 19.2. The molecule has 2 heterocycles. The lowest BCUT2D eigenvalue weighted by atomic mass is 9.70. The van der Waals surface area contributed by atoms with E-state index in [0.29, 0.717) is 0 Å². The van der Waals surface area contributed by atoms with Gasteiger partial charge in [-0.25, -0.2) is 0 Å². The standard InChI is InChI=1S/C85H74N2O2/c1-81(2,3)51-29-37-55(38-30-51)86(56-39-31-52(32-40-56)82(4,5)6)72-49-70-78(67-48-76-66(47-65(67)72)62-24-16-19-27-74(62)88-76)77-64-46-45-63-61-23-15-20-28-75(61)89-80(63)79(64)73(50-71(77)85(70)68-25-17-13-21-59(68)60-22-14-18-26-69(60)85)87(57-41-33-53(34-42-57)83(7,8)9)58-43-35-54(36-44-58)84(10,11)12/h13-50H,1-12H3. The topological polar surface area (TPSA) is 32.8 Å². The molecule has 89 heavy (non-hydrogen) atoms. The minimum atomic E-state index is -0.814. The van der Waals surface area contributed by atoms with Crippen LogP contribution in [0.5, 0.6) is 0 Å². The zero-order valence-corrected chi connectivity index (χ0v) is 53.2. The van der Waals surface area contributed by atoms with E-state index >= 15 is 0 Å². The molecule has 0 fully saturated rings. The Morgan fingerprint density at radius 1 is 0.281 bits per heavy atom. The van der Waals surface area contributed by atoms with E-state index in [0.717, 1.165) is 99.5 Å². The van der Waals surface area contributed by atoms with E-state index < -0.39 is 5.41 Å². The highest BCUT2D eigenvalue weighted by Crippen LogP contribution is 2.68. The van der Waals surface area contributed by atoms with Gasteiger partial charge < -0.3 is 18.6 Å². The second-order valence-electron chi connectivity index (χ2n) is 29.3. The van der Waals surface area contributed by atoms with Gasteiger partial charge in [-0.15, -0.1) is 0 Å². The molecular formula is C85H74N2O2. The average Bonchev–Trinajstić information content (AvgIpc) is 1.50. The van der Waals surface area contributed by atoms with E-state index in [2.05, 4.69) is 323 Å². The Bertz CT molecular complexity index is 5010. The number of fused-ring (bicyclic) bond motifs is 21. The molecule has 436 valence electrons.